The Morgan fingerprint density at radius 1 is 1.30 bits per heavy atom. The number of hydrogen-bond acceptors (Lipinski definition) is 8. The third-order valence-electron chi connectivity index (χ3n) is 3.17. The van der Waals surface area contributed by atoms with Crippen molar-refractivity contribution in [3.63, 3.8) is 0 Å². The van der Waals surface area contributed by atoms with E-state index in [0.29, 0.717) is 24.6 Å². The molecule has 3 heterocycles. The number of aliphatic hydroxyl groups is 1. The summed E-state index contributed by atoms with van der Waals surface area (Å²) in [6.45, 7) is 0.823. The Balaban J connectivity index is 1.92. The van der Waals surface area contributed by atoms with Crippen LogP contribution in [-0.4, -0.2) is 33.1 Å². The summed E-state index contributed by atoms with van der Waals surface area (Å²) < 4.78 is 6.09. The molecule has 3 aromatic heterocycles. The second-order valence-corrected chi connectivity index (χ2v) is 5.70. The van der Waals surface area contributed by atoms with Gasteiger partial charge in [-0.2, -0.15) is 0 Å². The van der Waals surface area contributed by atoms with Crippen molar-refractivity contribution < 1.29 is 14.4 Å². The second kappa shape index (κ2) is 6.71. The van der Waals surface area contributed by atoms with Gasteiger partial charge in [-0.3, -0.25) is 10.1 Å². The molecule has 120 valence electrons. The topological polar surface area (TPSA) is 114 Å². The van der Waals surface area contributed by atoms with Crippen molar-refractivity contribution in [1.29, 1.82) is 0 Å². The molecule has 3 rings (SSSR count). The first kappa shape index (κ1) is 15.4. The van der Waals surface area contributed by atoms with Crippen LogP contribution in [0, 0.1) is 10.1 Å². The number of aliphatic hydroxyl groups excluding tert-OH is 1. The Bertz CT molecular complexity index is 829. The lowest BCUT2D eigenvalue weighted by atomic mass is 10.3. The van der Waals surface area contributed by atoms with E-state index in [9.17, 15) is 10.1 Å². The minimum absolute atomic E-state index is 0.154. The molecule has 0 saturated heterocycles. The van der Waals surface area contributed by atoms with Gasteiger partial charge in [-0.25, -0.2) is 9.97 Å². The van der Waals surface area contributed by atoms with Crippen LogP contribution in [0.15, 0.2) is 28.0 Å². The summed E-state index contributed by atoms with van der Waals surface area (Å²) in [5.41, 5.74) is 0.753. The maximum atomic E-state index is 10.7. The fraction of sp³-hybridized carbons (Fsp3) is 0.286. The van der Waals surface area contributed by atoms with Gasteiger partial charge in [0.1, 0.15) is 10.7 Å². The maximum absolute atomic E-state index is 10.7. The van der Waals surface area contributed by atoms with Gasteiger partial charge >= 0.3 is 5.88 Å². The number of anilines is 1. The molecule has 3 aromatic rings. The fourth-order valence-corrected chi connectivity index (χ4v) is 2.88. The van der Waals surface area contributed by atoms with Crippen molar-refractivity contribution in [3.8, 4) is 11.6 Å². The van der Waals surface area contributed by atoms with Crippen molar-refractivity contribution in [2.24, 2.45) is 0 Å². The molecule has 9 heteroatoms. The number of nitrogens with one attached hydrogen (secondary N) is 1. The highest BCUT2D eigenvalue weighted by atomic mass is 32.1. The zero-order valence-electron chi connectivity index (χ0n) is 12.1. The number of hydrogen-bond donors (Lipinski definition) is 2. The van der Waals surface area contributed by atoms with Crippen LogP contribution in [0.25, 0.3) is 21.8 Å². The van der Waals surface area contributed by atoms with E-state index >= 15 is 0 Å². The smallest absolute Gasteiger partial charge is 0.397 e. The van der Waals surface area contributed by atoms with E-state index in [2.05, 4.69) is 15.3 Å². The van der Waals surface area contributed by atoms with E-state index in [1.54, 1.807) is 0 Å². The van der Waals surface area contributed by atoms with E-state index in [1.165, 1.54) is 23.5 Å². The molecule has 23 heavy (non-hydrogen) atoms. The van der Waals surface area contributed by atoms with Gasteiger partial charge < -0.3 is 14.8 Å². The molecular weight excluding hydrogens is 320 g/mol. The highest BCUT2D eigenvalue weighted by molar-refractivity contribution is 7.17. The lowest BCUT2D eigenvalue weighted by Crippen LogP contribution is -2.05. The molecule has 0 aliphatic heterocycles. The highest BCUT2D eigenvalue weighted by Crippen LogP contribution is 2.30. The quantitative estimate of drug-likeness (QED) is 0.387. The number of fused-ring (bicyclic) bond motifs is 1. The fourth-order valence-electron chi connectivity index (χ4n) is 2.08. The van der Waals surface area contributed by atoms with E-state index < -0.39 is 4.92 Å². The SMILES string of the molecule is O=[N+]([O-])c1ccc(-c2nc(NCCCCO)c3sccc3n2)o1. The third-order valence-corrected chi connectivity index (χ3v) is 4.08. The average molecular weight is 334 g/mol. The van der Waals surface area contributed by atoms with Crippen LogP contribution < -0.4 is 5.32 Å². The standard InChI is InChI=1S/C14H14N4O4S/c19-7-2-1-6-15-14-12-9(5-8-23-12)16-13(17-14)10-3-4-11(22-10)18(20)21/h3-5,8,19H,1-2,6-7H2,(H,15,16,17). The number of nitrogens with zero attached hydrogens (tertiary/aromatic N) is 3. The van der Waals surface area contributed by atoms with Gasteiger partial charge in [-0.15, -0.1) is 11.3 Å². The van der Waals surface area contributed by atoms with E-state index in [0.717, 1.165) is 16.6 Å². The minimum Gasteiger partial charge on any atom is -0.397 e. The average Bonchev–Trinajstić information content (AvgIpc) is 3.19. The van der Waals surface area contributed by atoms with Crippen molar-refractivity contribution in [2.75, 3.05) is 18.5 Å². The van der Waals surface area contributed by atoms with E-state index in [-0.39, 0.29) is 18.3 Å². The van der Waals surface area contributed by atoms with Crippen LogP contribution in [0.4, 0.5) is 11.7 Å². The number of rotatable bonds is 7. The van der Waals surface area contributed by atoms with Crippen LogP contribution in [0.5, 0.6) is 0 Å². The summed E-state index contributed by atoms with van der Waals surface area (Å²) in [6, 6.07) is 4.63. The first-order valence-electron chi connectivity index (χ1n) is 7.03. The Kier molecular flexibility index (Phi) is 4.49. The summed E-state index contributed by atoms with van der Waals surface area (Å²) in [5, 5.41) is 24.7. The Labute approximate surface area is 135 Å². The Morgan fingerprint density at radius 3 is 2.91 bits per heavy atom. The number of unbranched alkanes of at least 4 members (excludes halogenated alkanes) is 1. The number of furan rings is 1. The van der Waals surface area contributed by atoms with Gasteiger partial charge in [0.2, 0.25) is 0 Å². The number of aromatic nitrogens is 2. The predicted molar refractivity (Wildman–Crippen MR) is 86.6 cm³/mol. The molecule has 0 aliphatic carbocycles. The summed E-state index contributed by atoms with van der Waals surface area (Å²) >= 11 is 1.52. The van der Waals surface area contributed by atoms with Crippen molar-refractivity contribution in [2.45, 2.75) is 12.8 Å². The van der Waals surface area contributed by atoms with Crippen LogP contribution >= 0.6 is 11.3 Å². The first-order chi connectivity index (χ1) is 11.2. The second-order valence-electron chi connectivity index (χ2n) is 4.78. The third kappa shape index (κ3) is 3.30. The zero-order valence-corrected chi connectivity index (χ0v) is 12.9. The van der Waals surface area contributed by atoms with Gasteiger partial charge in [0, 0.05) is 13.2 Å². The molecule has 0 aromatic carbocycles. The summed E-state index contributed by atoms with van der Waals surface area (Å²) in [7, 11) is 0. The van der Waals surface area contributed by atoms with Crippen molar-refractivity contribution in [1.82, 2.24) is 9.97 Å². The van der Waals surface area contributed by atoms with Gasteiger partial charge in [0.05, 0.1) is 16.3 Å². The highest BCUT2D eigenvalue weighted by Gasteiger charge is 2.17. The summed E-state index contributed by atoms with van der Waals surface area (Å²) in [5.74, 6) is 0.875. The monoisotopic (exact) mass is 334 g/mol. The van der Waals surface area contributed by atoms with Crippen molar-refractivity contribution in [3.05, 3.63) is 33.7 Å². The van der Waals surface area contributed by atoms with Gasteiger partial charge in [0.15, 0.2) is 11.6 Å². The van der Waals surface area contributed by atoms with Gasteiger partial charge in [0.25, 0.3) is 0 Å². The zero-order chi connectivity index (χ0) is 16.2. The van der Waals surface area contributed by atoms with Crippen LogP contribution in [-0.2, 0) is 0 Å². The molecule has 0 fully saturated rings. The molecule has 0 atom stereocenters. The summed E-state index contributed by atoms with van der Waals surface area (Å²) in [4.78, 5) is 18.9. The normalized spacial score (nSPS) is 11.0. The van der Waals surface area contributed by atoms with Gasteiger partial charge in [-0.1, -0.05) is 0 Å². The molecule has 0 saturated carbocycles. The van der Waals surface area contributed by atoms with E-state index in [1.807, 2.05) is 11.4 Å². The molecule has 2 N–H and O–H groups in total. The van der Waals surface area contributed by atoms with Crippen LogP contribution in [0.3, 0.4) is 0 Å². The van der Waals surface area contributed by atoms with E-state index in [4.69, 9.17) is 9.52 Å². The van der Waals surface area contributed by atoms with Crippen LogP contribution in [0.2, 0.25) is 0 Å². The Hall–Kier alpha value is -2.52. The number of nitro groups is 1. The lowest BCUT2D eigenvalue weighted by molar-refractivity contribution is -0.401. The largest absolute Gasteiger partial charge is 0.433 e. The Morgan fingerprint density at radius 2 is 2.17 bits per heavy atom. The van der Waals surface area contributed by atoms with Crippen LogP contribution in [0.1, 0.15) is 12.8 Å². The molecule has 0 aliphatic rings. The minimum atomic E-state index is -0.597. The molecular formula is C14H14N4O4S. The van der Waals surface area contributed by atoms with Crippen molar-refractivity contribution >= 4 is 33.3 Å². The first-order valence-corrected chi connectivity index (χ1v) is 7.91. The molecule has 0 bridgehead atoms. The molecule has 0 radical (unpaired) electrons. The molecule has 0 unspecified atom stereocenters. The molecule has 0 amide bonds. The molecule has 8 nitrogen and oxygen atoms in total. The van der Waals surface area contributed by atoms with Gasteiger partial charge in [-0.05, 0) is 30.4 Å². The number of thiophene rings is 1. The lowest BCUT2D eigenvalue weighted by Gasteiger charge is -2.07. The maximum Gasteiger partial charge on any atom is 0.433 e. The molecule has 0 spiro atoms. The summed E-state index contributed by atoms with van der Waals surface area (Å²) in [6.07, 6.45) is 1.53. The predicted octanol–water partition coefficient (Wildman–Crippen LogP) is 3.04.